The number of allylic oxidation sites excluding steroid dienone is 1. The van der Waals surface area contributed by atoms with E-state index in [9.17, 15) is 13.2 Å². The van der Waals surface area contributed by atoms with Crippen molar-refractivity contribution in [2.45, 2.75) is 17.4 Å². The van der Waals surface area contributed by atoms with Gasteiger partial charge in [-0.05, 0) is 41.5 Å². The first-order valence-electron chi connectivity index (χ1n) is 9.31. The van der Waals surface area contributed by atoms with Gasteiger partial charge < -0.3 is 15.3 Å². The Morgan fingerprint density at radius 2 is 1.67 bits per heavy atom. The van der Waals surface area contributed by atoms with Crippen LogP contribution in [0.5, 0.6) is 5.75 Å². The van der Waals surface area contributed by atoms with Crippen molar-refractivity contribution in [1.29, 1.82) is 0 Å². The van der Waals surface area contributed by atoms with Crippen molar-refractivity contribution in [2.24, 2.45) is 10.9 Å². The van der Waals surface area contributed by atoms with Gasteiger partial charge in [0.1, 0.15) is 17.8 Å². The molecular weight excluding hydrogens is 400 g/mol. The molecular formula is C23H20N2O4S. The van der Waals surface area contributed by atoms with Crippen LogP contribution >= 0.6 is 0 Å². The van der Waals surface area contributed by atoms with Crippen LogP contribution in [0.15, 0.2) is 77.7 Å². The molecule has 7 heteroatoms. The van der Waals surface area contributed by atoms with Gasteiger partial charge in [0.25, 0.3) is 0 Å². The maximum absolute atomic E-state index is 12.2. The molecule has 0 saturated carbocycles. The standard InChI is InChI=1S/C23H20N2O4S/c24-13-15-4-3-5-17(12-15)22-20(14-26)19-6-1-2-7-21(19)29-23(22)16-8-10-18(11-9-16)30(25,27)28/h1-12,14,20H,13,24H2,(H2,25,27,28). The largest absolute Gasteiger partial charge is 0.456 e. The Kier molecular flexibility index (Phi) is 5.26. The number of hydrogen-bond donors (Lipinski definition) is 2. The van der Waals surface area contributed by atoms with Crippen LogP contribution in [0.25, 0.3) is 11.3 Å². The molecule has 0 saturated heterocycles. The summed E-state index contributed by atoms with van der Waals surface area (Å²) in [6, 6.07) is 21.1. The van der Waals surface area contributed by atoms with Gasteiger partial charge in [0, 0.05) is 23.2 Å². The fraction of sp³-hybridized carbons (Fsp3) is 0.0870. The van der Waals surface area contributed by atoms with Gasteiger partial charge in [-0.25, -0.2) is 13.6 Å². The monoisotopic (exact) mass is 420 g/mol. The van der Waals surface area contributed by atoms with Crippen LogP contribution in [0.2, 0.25) is 0 Å². The minimum Gasteiger partial charge on any atom is -0.456 e. The molecule has 1 aliphatic heterocycles. The average Bonchev–Trinajstić information content (AvgIpc) is 2.77. The maximum Gasteiger partial charge on any atom is 0.238 e. The predicted molar refractivity (Wildman–Crippen MR) is 115 cm³/mol. The van der Waals surface area contributed by atoms with Gasteiger partial charge in [-0.3, -0.25) is 0 Å². The lowest BCUT2D eigenvalue weighted by Gasteiger charge is -2.28. The van der Waals surface area contributed by atoms with Crippen molar-refractivity contribution in [3.8, 4) is 5.75 Å². The first-order valence-corrected chi connectivity index (χ1v) is 10.9. The predicted octanol–water partition coefficient (Wildman–Crippen LogP) is 3.04. The van der Waals surface area contributed by atoms with E-state index in [0.717, 1.165) is 23.0 Å². The molecule has 4 rings (SSSR count). The number of ether oxygens (including phenoxy) is 1. The second-order valence-corrected chi connectivity index (χ2v) is 8.53. The van der Waals surface area contributed by atoms with Crippen LogP contribution < -0.4 is 15.6 Å². The van der Waals surface area contributed by atoms with Gasteiger partial charge in [0.05, 0.1) is 10.8 Å². The van der Waals surface area contributed by atoms with Crippen molar-refractivity contribution in [1.82, 2.24) is 0 Å². The molecule has 0 radical (unpaired) electrons. The lowest BCUT2D eigenvalue weighted by molar-refractivity contribution is -0.108. The highest BCUT2D eigenvalue weighted by Gasteiger charge is 2.31. The molecule has 1 heterocycles. The summed E-state index contributed by atoms with van der Waals surface area (Å²) in [6.07, 6.45) is 0.893. The number of primary sulfonamides is 1. The maximum atomic E-state index is 12.2. The van der Waals surface area contributed by atoms with E-state index in [-0.39, 0.29) is 4.90 Å². The number of benzene rings is 3. The zero-order chi connectivity index (χ0) is 21.3. The number of fused-ring (bicyclic) bond motifs is 1. The molecule has 3 aromatic rings. The minimum absolute atomic E-state index is 0.00155. The molecule has 30 heavy (non-hydrogen) atoms. The van der Waals surface area contributed by atoms with Gasteiger partial charge in [0.2, 0.25) is 10.0 Å². The summed E-state index contributed by atoms with van der Waals surface area (Å²) in [5.74, 6) is 0.524. The SMILES string of the molecule is NCc1cccc(C2=C(c3ccc(S(N)(=O)=O)cc3)Oc3ccccc3C2C=O)c1. The molecule has 1 aliphatic rings. The molecule has 0 aliphatic carbocycles. The van der Waals surface area contributed by atoms with Crippen molar-refractivity contribution >= 4 is 27.6 Å². The number of aldehydes is 1. The highest BCUT2D eigenvalue weighted by Crippen LogP contribution is 2.45. The number of carbonyl (C=O) groups is 1. The van der Waals surface area contributed by atoms with E-state index in [2.05, 4.69) is 0 Å². The Morgan fingerprint density at radius 1 is 0.933 bits per heavy atom. The topological polar surface area (TPSA) is 112 Å². The molecule has 0 aromatic heterocycles. The van der Waals surface area contributed by atoms with Gasteiger partial charge in [-0.15, -0.1) is 0 Å². The Balaban J connectivity index is 1.95. The van der Waals surface area contributed by atoms with E-state index >= 15 is 0 Å². The minimum atomic E-state index is -3.82. The summed E-state index contributed by atoms with van der Waals surface area (Å²) in [6.45, 7) is 0.364. The molecule has 1 unspecified atom stereocenters. The molecule has 0 bridgehead atoms. The quantitative estimate of drug-likeness (QED) is 0.616. The summed E-state index contributed by atoms with van der Waals surface area (Å²) in [5.41, 5.74) is 9.65. The molecule has 6 nitrogen and oxygen atoms in total. The van der Waals surface area contributed by atoms with Crippen LogP contribution in [0.4, 0.5) is 0 Å². The third-order valence-corrected chi connectivity index (χ3v) is 6.01. The van der Waals surface area contributed by atoms with Crippen LogP contribution in [-0.2, 0) is 21.4 Å². The fourth-order valence-corrected chi connectivity index (χ4v) is 4.14. The molecule has 152 valence electrons. The number of rotatable bonds is 5. The van der Waals surface area contributed by atoms with Gasteiger partial charge in [0.15, 0.2) is 0 Å². The van der Waals surface area contributed by atoms with E-state index in [1.807, 2.05) is 42.5 Å². The summed E-state index contributed by atoms with van der Waals surface area (Å²) < 4.78 is 29.5. The third kappa shape index (κ3) is 3.66. The fourth-order valence-electron chi connectivity index (χ4n) is 3.62. The number of sulfonamides is 1. The summed E-state index contributed by atoms with van der Waals surface area (Å²) in [5, 5.41) is 5.21. The van der Waals surface area contributed by atoms with Crippen LogP contribution in [0, 0.1) is 0 Å². The summed E-state index contributed by atoms with van der Waals surface area (Å²) in [7, 11) is -3.82. The van der Waals surface area contributed by atoms with E-state index in [4.69, 9.17) is 15.6 Å². The Bertz CT molecular complexity index is 1250. The zero-order valence-corrected chi connectivity index (χ0v) is 16.8. The highest BCUT2D eigenvalue weighted by atomic mass is 32.2. The van der Waals surface area contributed by atoms with Crippen molar-refractivity contribution in [3.05, 3.63) is 95.1 Å². The van der Waals surface area contributed by atoms with Crippen molar-refractivity contribution in [2.75, 3.05) is 0 Å². The highest BCUT2D eigenvalue weighted by molar-refractivity contribution is 7.89. The lowest BCUT2D eigenvalue weighted by Crippen LogP contribution is -2.16. The average molecular weight is 420 g/mol. The smallest absolute Gasteiger partial charge is 0.238 e. The van der Waals surface area contributed by atoms with Crippen LogP contribution in [0.1, 0.15) is 28.2 Å². The first kappa shape index (κ1) is 20.0. The molecule has 3 aromatic carbocycles. The Hall–Kier alpha value is -3.26. The first-order chi connectivity index (χ1) is 14.4. The lowest BCUT2D eigenvalue weighted by atomic mass is 9.83. The summed E-state index contributed by atoms with van der Waals surface area (Å²) >= 11 is 0. The van der Waals surface area contributed by atoms with E-state index in [0.29, 0.717) is 29.2 Å². The Morgan fingerprint density at radius 3 is 2.33 bits per heavy atom. The van der Waals surface area contributed by atoms with Crippen LogP contribution in [0.3, 0.4) is 0 Å². The van der Waals surface area contributed by atoms with E-state index in [1.54, 1.807) is 18.2 Å². The van der Waals surface area contributed by atoms with Gasteiger partial charge >= 0.3 is 0 Å². The van der Waals surface area contributed by atoms with Crippen molar-refractivity contribution in [3.63, 3.8) is 0 Å². The third-order valence-electron chi connectivity index (χ3n) is 5.08. The second-order valence-electron chi connectivity index (χ2n) is 6.97. The molecule has 1 atom stereocenters. The summed E-state index contributed by atoms with van der Waals surface area (Å²) in [4.78, 5) is 12.2. The number of hydrogen-bond acceptors (Lipinski definition) is 5. The number of carbonyl (C=O) groups excluding carboxylic acids is 1. The number of para-hydroxylation sites is 1. The molecule has 4 N–H and O–H groups in total. The van der Waals surface area contributed by atoms with E-state index < -0.39 is 15.9 Å². The molecule has 0 fully saturated rings. The molecule has 0 amide bonds. The molecule has 0 spiro atoms. The zero-order valence-electron chi connectivity index (χ0n) is 16.0. The van der Waals surface area contributed by atoms with Gasteiger partial charge in [-0.2, -0.15) is 0 Å². The van der Waals surface area contributed by atoms with Crippen LogP contribution in [-0.4, -0.2) is 14.7 Å². The van der Waals surface area contributed by atoms with E-state index in [1.165, 1.54) is 12.1 Å². The van der Waals surface area contributed by atoms with Crippen molar-refractivity contribution < 1.29 is 17.9 Å². The second kappa shape index (κ2) is 7.87. The Labute approximate surface area is 174 Å². The normalized spacial score (nSPS) is 16.0. The number of nitrogens with two attached hydrogens (primary N) is 2. The van der Waals surface area contributed by atoms with Gasteiger partial charge in [-0.1, -0.05) is 42.5 Å².